The third-order valence-electron chi connectivity index (χ3n) is 6.69. The van der Waals surface area contributed by atoms with E-state index in [-0.39, 0.29) is 11.3 Å². The number of hydrogen-bond donors (Lipinski definition) is 0. The molecule has 0 amide bonds. The molecule has 1 aliphatic heterocycles. The van der Waals surface area contributed by atoms with E-state index in [9.17, 15) is 9.59 Å². The maximum absolute atomic E-state index is 13.5. The molecule has 4 heterocycles. The topological polar surface area (TPSA) is 77.3 Å². The van der Waals surface area contributed by atoms with E-state index in [0.717, 1.165) is 73.5 Å². The molecule has 1 saturated heterocycles. The van der Waals surface area contributed by atoms with Crippen molar-refractivity contribution in [3.63, 3.8) is 0 Å². The molecule has 0 N–H and O–H groups in total. The Labute approximate surface area is 194 Å². The average molecular weight is 461 g/mol. The number of aromatic nitrogens is 3. The summed E-state index contributed by atoms with van der Waals surface area (Å²) in [4.78, 5) is 38.1. The van der Waals surface area contributed by atoms with Gasteiger partial charge in [0, 0.05) is 24.0 Å². The Kier molecular flexibility index (Phi) is 4.99. The molecular formula is C25H24N4O3S. The lowest BCUT2D eigenvalue weighted by Crippen LogP contribution is -2.37. The third kappa shape index (κ3) is 3.36. The third-order valence-corrected chi connectivity index (χ3v) is 7.75. The first-order valence-corrected chi connectivity index (χ1v) is 12.2. The number of ketones is 1. The van der Waals surface area contributed by atoms with Crippen molar-refractivity contribution in [2.45, 2.75) is 32.6 Å². The molecular weight excluding hydrogens is 436 g/mol. The van der Waals surface area contributed by atoms with Crippen LogP contribution in [0.1, 0.15) is 41.3 Å². The molecule has 0 spiro atoms. The van der Waals surface area contributed by atoms with E-state index >= 15 is 0 Å². The van der Waals surface area contributed by atoms with Gasteiger partial charge in [-0.25, -0.2) is 9.97 Å². The maximum atomic E-state index is 13.5. The predicted molar refractivity (Wildman–Crippen MR) is 130 cm³/mol. The molecule has 0 unspecified atom stereocenters. The van der Waals surface area contributed by atoms with Gasteiger partial charge in [-0.15, -0.1) is 11.3 Å². The summed E-state index contributed by atoms with van der Waals surface area (Å²) < 4.78 is 7.73. The van der Waals surface area contributed by atoms with Crippen molar-refractivity contribution in [3.05, 3.63) is 57.6 Å². The van der Waals surface area contributed by atoms with Crippen molar-refractivity contribution in [1.82, 2.24) is 14.5 Å². The fraction of sp³-hybridized carbons (Fsp3) is 0.360. The second-order valence-electron chi connectivity index (χ2n) is 8.68. The van der Waals surface area contributed by atoms with Gasteiger partial charge >= 0.3 is 0 Å². The number of nitrogens with zero attached hydrogens (tertiary/aromatic N) is 4. The van der Waals surface area contributed by atoms with Crippen LogP contribution >= 0.6 is 11.3 Å². The molecule has 33 heavy (non-hydrogen) atoms. The first kappa shape index (κ1) is 20.5. The molecule has 4 aromatic rings. The van der Waals surface area contributed by atoms with Crippen molar-refractivity contribution >= 4 is 43.4 Å². The Morgan fingerprint density at radius 1 is 1.06 bits per heavy atom. The van der Waals surface area contributed by atoms with Gasteiger partial charge in [0.25, 0.3) is 5.56 Å². The Bertz CT molecular complexity index is 1450. The number of aryl methyl sites for hydroxylation is 1. The van der Waals surface area contributed by atoms with Crippen molar-refractivity contribution in [2.24, 2.45) is 0 Å². The molecule has 7 nitrogen and oxygen atoms in total. The molecule has 6 rings (SSSR count). The molecule has 0 bridgehead atoms. The van der Waals surface area contributed by atoms with E-state index in [1.807, 2.05) is 0 Å². The Morgan fingerprint density at radius 3 is 2.52 bits per heavy atom. The highest BCUT2D eigenvalue weighted by Gasteiger charge is 2.26. The zero-order valence-corrected chi connectivity index (χ0v) is 19.3. The lowest BCUT2D eigenvalue weighted by Gasteiger charge is -2.31. The number of morpholine rings is 1. The molecule has 8 heteroatoms. The Morgan fingerprint density at radius 2 is 1.79 bits per heavy atom. The monoisotopic (exact) mass is 460 g/mol. The van der Waals surface area contributed by atoms with Crippen LogP contribution < -0.4 is 10.5 Å². The first-order valence-electron chi connectivity index (χ1n) is 11.4. The van der Waals surface area contributed by atoms with E-state index in [1.54, 1.807) is 35.2 Å². The van der Waals surface area contributed by atoms with Crippen LogP contribution in [0.15, 0.2) is 35.4 Å². The van der Waals surface area contributed by atoms with Gasteiger partial charge in [0.15, 0.2) is 5.78 Å². The van der Waals surface area contributed by atoms with Crippen LogP contribution in [-0.2, 0) is 17.6 Å². The number of Topliss-reactive ketones (excluding diaryl/α,β-unsaturated/α-hetero) is 1. The van der Waals surface area contributed by atoms with Gasteiger partial charge in [0.2, 0.25) is 0 Å². The van der Waals surface area contributed by atoms with Gasteiger partial charge in [0.1, 0.15) is 21.7 Å². The molecule has 168 valence electrons. The summed E-state index contributed by atoms with van der Waals surface area (Å²) in [6, 6.07) is 7.06. The number of hydrogen-bond acceptors (Lipinski definition) is 7. The Balaban J connectivity index is 1.54. The number of anilines is 1. The van der Waals surface area contributed by atoms with Crippen LogP contribution in [0.3, 0.4) is 0 Å². The van der Waals surface area contributed by atoms with Crippen LogP contribution in [-0.4, -0.2) is 46.6 Å². The molecule has 0 atom stereocenters. The van der Waals surface area contributed by atoms with Crippen molar-refractivity contribution in [2.75, 3.05) is 31.2 Å². The zero-order chi connectivity index (χ0) is 22.5. The van der Waals surface area contributed by atoms with E-state index in [4.69, 9.17) is 14.7 Å². The lowest BCUT2D eigenvalue weighted by atomic mass is 9.90. The molecule has 0 saturated carbocycles. The summed E-state index contributed by atoms with van der Waals surface area (Å²) in [5.41, 5.74) is 4.61. The minimum absolute atomic E-state index is 0.00102. The number of ether oxygens (including phenoxy) is 1. The van der Waals surface area contributed by atoms with E-state index in [2.05, 4.69) is 4.90 Å². The summed E-state index contributed by atoms with van der Waals surface area (Å²) >= 11 is 1.44. The minimum Gasteiger partial charge on any atom is -0.378 e. The number of rotatable bonds is 3. The smallest absolute Gasteiger partial charge is 0.275 e. The number of thiophene rings is 1. The summed E-state index contributed by atoms with van der Waals surface area (Å²) in [6.45, 7) is 4.66. The number of carbonyl (C=O) groups excluding carboxylic acids is 1. The number of benzene rings is 1. The molecule has 2 aliphatic rings. The van der Waals surface area contributed by atoms with Gasteiger partial charge < -0.3 is 9.64 Å². The lowest BCUT2D eigenvalue weighted by molar-refractivity contribution is 0.101. The minimum atomic E-state index is -0.101. The van der Waals surface area contributed by atoms with Gasteiger partial charge in [-0.05, 0) is 68.0 Å². The summed E-state index contributed by atoms with van der Waals surface area (Å²) in [6.07, 6.45) is 5.92. The summed E-state index contributed by atoms with van der Waals surface area (Å²) in [5, 5.41) is 1.05. The van der Waals surface area contributed by atoms with Crippen LogP contribution in [0.25, 0.3) is 26.1 Å². The van der Waals surface area contributed by atoms with Crippen molar-refractivity contribution in [3.8, 4) is 5.69 Å². The zero-order valence-electron chi connectivity index (χ0n) is 18.5. The highest BCUT2D eigenvalue weighted by atomic mass is 32.1. The summed E-state index contributed by atoms with van der Waals surface area (Å²) in [7, 11) is 0. The number of fused-ring (bicyclic) bond motifs is 5. The van der Waals surface area contributed by atoms with Crippen LogP contribution in [0.5, 0.6) is 0 Å². The molecule has 1 aromatic carbocycles. The SMILES string of the molecule is CC(=O)c1ccc(-n2cnc3c(sc4nc(N5CCOCC5)c5c(c43)CCCC5)c2=O)cc1. The largest absolute Gasteiger partial charge is 0.378 e. The van der Waals surface area contributed by atoms with Crippen molar-refractivity contribution in [1.29, 1.82) is 0 Å². The van der Waals surface area contributed by atoms with E-state index in [1.165, 1.54) is 29.4 Å². The van der Waals surface area contributed by atoms with Gasteiger partial charge in [-0.3, -0.25) is 14.2 Å². The molecule has 1 aliphatic carbocycles. The van der Waals surface area contributed by atoms with E-state index in [0.29, 0.717) is 16.0 Å². The van der Waals surface area contributed by atoms with Gasteiger partial charge in [-0.1, -0.05) is 0 Å². The fourth-order valence-corrected chi connectivity index (χ4v) is 6.06. The second-order valence-corrected chi connectivity index (χ2v) is 9.68. The normalized spacial score (nSPS) is 16.3. The van der Waals surface area contributed by atoms with Crippen LogP contribution in [0.4, 0.5) is 5.82 Å². The number of pyridine rings is 1. The van der Waals surface area contributed by atoms with Crippen LogP contribution in [0, 0.1) is 0 Å². The molecule has 0 radical (unpaired) electrons. The molecule has 3 aromatic heterocycles. The molecule has 1 fully saturated rings. The number of carbonyl (C=O) groups is 1. The second kappa shape index (κ2) is 8.04. The van der Waals surface area contributed by atoms with Crippen molar-refractivity contribution < 1.29 is 9.53 Å². The van der Waals surface area contributed by atoms with Gasteiger partial charge in [-0.2, -0.15) is 0 Å². The maximum Gasteiger partial charge on any atom is 0.275 e. The quantitative estimate of drug-likeness (QED) is 0.432. The summed E-state index contributed by atoms with van der Waals surface area (Å²) in [5.74, 6) is 1.06. The van der Waals surface area contributed by atoms with Crippen LogP contribution in [0.2, 0.25) is 0 Å². The fourth-order valence-electron chi connectivity index (χ4n) is 4.98. The highest BCUT2D eigenvalue weighted by Crippen LogP contribution is 2.40. The Hall–Kier alpha value is -3.10. The standard InChI is InChI=1S/C25H24N4O3S/c1-15(30)16-6-8-17(9-7-16)29-14-26-21-20-18-4-2-3-5-19(18)23(28-10-12-32-13-11-28)27-24(20)33-22(21)25(29)31/h6-9,14H,2-5,10-13H2,1H3. The van der Waals surface area contributed by atoms with E-state index < -0.39 is 0 Å². The van der Waals surface area contributed by atoms with Gasteiger partial charge in [0.05, 0.1) is 24.4 Å². The first-order chi connectivity index (χ1) is 16.1. The highest BCUT2D eigenvalue weighted by molar-refractivity contribution is 7.25. The average Bonchev–Trinajstić information content (AvgIpc) is 3.24. The predicted octanol–water partition coefficient (Wildman–Crippen LogP) is 3.91.